The van der Waals surface area contributed by atoms with Crippen LogP contribution in [0.2, 0.25) is 0 Å². The van der Waals surface area contributed by atoms with Gasteiger partial charge in [-0.25, -0.2) is 0 Å². The minimum atomic E-state index is -0.662. The minimum absolute atomic E-state index is 0.456. The summed E-state index contributed by atoms with van der Waals surface area (Å²) in [6.07, 6.45) is 3.51. The van der Waals surface area contributed by atoms with E-state index in [0.29, 0.717) is 5.75 Å². The molecule has 3 N–H and O–H groups in total. The number of pyridine rings is 1. The number of hydrogen-bond acceptors (Lipinski definition) is 4. The minimum Gasteiger partial charge on any atom is -0.457 e. The van der Waals surface area contributed by atoms with Crippen LogP contribution in [-0.4, -0.2) is 10.9 Å². The molecule has 5 nitrogen and oxygen atoms in total. The van der Waals surface area contributed by atoms with Crippen molar-refractivity contribution < 1.29 is 9.53 Å². The zero-order valence-corrected chi connectivity index (χ0v) is 15.1. The lowest BCUT2D eigenvalue weighted by Gasteiger charge is -2.18. The number of ether oxygens (including phenoxy) is 1. The number of carbonyl (C=O) groups excluding carboxylic acids is 1. The zero-order valence-electron chi connectivity index (χ0n) is 15.1. The van der Waals surface area contributed by atoms with Gasteiger partial charge in [-0.1, -0.05) is 36.4 Å². The third kappa shape index (κ3) is 3.94. The molecule has 0 aliphatic carbocycles. The summed E-state index contributed by atoms with van der Waals surface area (Å²) in [6.45, 7) is 0. The number of nitrogens with zero attached hydrogens (tertiary/aromatic N) is 1. The van der Waals surface area contributed by atoms with Crippen LogP contribution < -0.4 is 15.8 Å². The van der Waals surface area contributed by atoms with E-state index in [1.165, 1.54) is 0 Å². The molecule has 5 heteroatoms. The molecule has 0 radical (unpaired) electrons. The smallest absolute Gasteiger partial charge is 0.244 e. The normalized spacial score (nSPS) is 11.7. The average molecular weight is 369 g/mol. The van der Waals surface area contributed by atoms with Gasteiger partial charge < -0.3 is 15.8 Å². The molecule has 3 aromatic carbocycles. The summed E-state index contributed by atoms with van der Waals surface area (Å²) in [6, 6.07) is 24.0. The number of primary amides is 1. The van der Waals surface area contributed by atoms with Crippen LogP contribution in [0.25, 0.3) is 10.8 Å². The summed E-state index contributed by atoms with van der Waals surface area (Å²) < 4.78 is 5.86. The Morgan fingerprint density at radius 1 is 0.893 bits per heavy atom. The van der Waals surface area contributed by atoms with Crippen molar-refractivity contribution >= 4 is 22.4 Å². The molecule has 4 aromatic rings. The van der Waals surface area contributed by atoms with Gasteiger partial charge in [0.25, 0.3) is 0 Å². The van der Waals surface area contributed by atoms with Crippen molar-refractivity contribution in [2.24, 2.45) is 5.73 Å². The average Bonchev–Trinajstić information content (AvgIpc) is 2.72. The van der Waals surface area contributed by atoms with Gasteiger partial charge in [0, 0.05) is 29.5 Å². The Hall–Kier alpha value is -3.86. The van der Waals surface area contributed by atoms with Crippen LogP contribution in [0.4, 0.5) is 5.69 Å². The molecule has 0 saturated heterocycles. The van der Waals surface area contributed by atoms with Gasteiger partial charge >= 0.3 is 0 Å². The van der Waals surface area contributed by atoms with Gasteiger partial charge in [0.1, 0.15) is 17.5 Å². The van der Waals surface area contributed by atoms with Crippen LogP contribution in [-0.2, 0) is 4.79 Å². The molecule has 0 fully saturated rings. The third-order valence-corrected chi connectivity index (χ3v) is 4.41. The highest BCUT2D eigenvalue weighted by atomic mass is 16.5. The Balaban J connectivity index is 1.59. The fourth-order valence-electron chi connectivity index (χ4n) is 3.04. The van der Waals surface area contributed by atoms with Crippen molar-refractivity contribution in [1.82, 2.24) is 4.98 Å². The van der Waals surface area contributed by atoms with Crippen LogP contribution in [0.3, 0.4) is 0 Å². The number of fused-ring (bicyclic) bond motifs is 1. The first kappa shape index (κ1) is 17.5. The van der Waals surface area contributed by atoms with Gasteiger partial charge in [-0.05, 0) is 47.3 Å². The summed E-state index contributed by atoms with van der Waals surface area (Å²) in [5.74, 6) is 0.959. The molecule has 1 atom stereocenters. The van der Waals surface area contributed by atoms with Gasteiger partial charge in [-0.15, -0.1) is 0 Å². The summed E-state index contributed by atoms with van der Waals surface area (Å²) in [5.41, 5.74) is 7.21. The topological polar surface area (TPSA) is 77.2 Å². The Kier molecular flexibility index (Phi) is 4.89. The van der Waals surface area contributed by atoms with E-state index in [1.807, 2.05) is 78.9 Å². The lowest BCUT2D eigenvalue weighted by molar-refractivity contribution is -0.118. The molecule has 1 unspecified atom stereocenters. The number of aromatic nitrogens is 1. The molecule has 0 aliphatic rings. The van der Waals surface area contributed by atoms with Gasteiger partial charge in [0.15, 0.2) is 0 Å². The van der Waals surface area contributed by atoms with Crippen molar-refractivity contribution in [2.75, 3.05) is 5.32 Å². The van der Waals surface area contributed by atoms with E-state index in [2.05, 4.69) is 10.3 Å². The van der Waals surface area contributed by atoms with E-state index in [0.717, 1.165) is 27.8 Å². The lowest BCUT2D eigenvalue weighted by Crippen LogP contribution is -2.27. The predicted molar refractivity (Wildman–Crippen MR) is 110 cm³/mol. The highest BCUT2D eigenvalue weighted by molar-refractivity contribution is 5.88. The molecule has 0 aliphatic heterocycles. The molecule has 0 saturated carbocycles. The van der Waals surface area contributed by atoms with Crippen molar-refractivity contribution in [2.45, 2.75) is 6.04 Å². The Morgan fingerprint density at radius 3 is 2.54 bits per heavy atom. The van der Waals surface area contributed by atoms with E-state index in [1.54, 1.807) is 12.4 Å². The van der Waals surface area contributed by atoms with E-state index in [4.69, 9.17) is 10.5 Å². The molecule has 4 rings (SSSR count). The van der Waals surface area contributed by atoms with Crippen molar-refractivity contribution in [3.8, 4) is 11.5 Å². The highest BCUT2D eigenvalue weighted by Crippen LogP contribution is 2.27. The summed E-state index contributed by atoms with van der Waals surface area (Å²) in [4.78, 5) is 16.2. The molecular weight excluding hydrogens is 350 g/mol. The Morgan fingerprint density at radius 2 is 1.71 bits per heavy atom. The summed E-state index contributed by atoms with van der Waals surface area (Å²) in [7, 11) is 0. The van der Waals surface area contributed by atoms with E-state index < -0.39 is 11.9 Å². The number of anilines is 1. The van der Waals surface area contributed by atoms with E-state index >= 15 is 0 Å². The molecule has 0 spiro atoms. The quantitative estimate of drug-likeness (QED) is 0.518. The molecular formula is C23H19N3O2. The first-order chi connectivity index (χ1) is 13.7. The van der Waals surface area contributed by atoms with Crippen LogP contribution in [0.5, 0.6) is 11.5 Å². The van der Waals surface area contributed by atoms with Gasteiger partial charge in [-0.3, -0.25) is 9.78 Å². The fourth-order valence-corrected chi connectivity index (χ4v) is 3.04. The number of nitrogens with one attached hydrogen (secondary N) is 1. The lowest BCUT2D eigenvalue weighted by atomic mass is 10.0. The standard InChI is InChI=1S/C23H19N3O2/c24-23(27)22(17-9-10-18-15-25-12-11-16(18)13-17)26-19-5-4-8-21(14-19)28-20-6-2-1-3-7-20/h1-15,22,26H,(H2,24,27). The van der Waals surface area contributed by atoms with Crippen LogP contribution in [0.1, 0.15) is 11.6 Å². The fraction of sp³-hybridized carbons (Fsp3) is 0.0435. The molecule has 1 amide bonds. The van der Waals surface area contributed by atoms with Crippen LogP contribution in [0, 0.1) is 0 Å². The van der Waals surface area contributed by atoms with Gasteiger partial charge in [-0.2, -0.15) is 0 Å². The number of carbonyl (C=O) groups is 1. The number of nitrogens with two attached hydrogens (primary N) is 1. The number of para-hydroxylation sites is 1. The first-order valence-corrected chi connectivity index (χ1v) is 8.91. The number of hydrogen-bond donors (Lipinski definition) is 2. The second-order valence-corrected chi connectivity index (χ2v) is 6.40. The molecule has 1 aromatic heterocycles. The van der Waals surface area contributed by atoms with E-state index in [9.17, 15) is 4.79 Å². The SMILES string of the molecule is NC(=O)C(Nc1cccc(Oc2ccccc2)c1)c1ccc2cnccc2c1. The Bertz CT molecular complexity index is 1110. The summed E-state index contributed by atoms with van der Waals surface area (Å²) >= 11 is 0. The Labute approximate surface area is 162 Å². The number of benzene rings is 3. The maximum absolute atomic E-state index is 12.1. The highest BCUT2D eigenvalue weighted by Gasteiger charge is 2.18. The summed E-state index contributed by atoms with van der Waals surface area (Å²) in [5, 5.41) is 5.22. The maximum Gasteiger partial charge on any atom is 0.244 e. The molecule has 138 valence electrons. The monoisotopic (exact) mass is 369 g/mol. The number of amides is 1. The second kappa shape index (κ2) is 7.80. The second-order valence-electron chi connectivity index (χ2n) is 6.40. The van der Waals surface area contributed by atoms with Gasteiger partial charge in [0.2, 0.25) is 5.91 Å². The van der Waals surface area contributed by atoms with Crippen molar-refractivity contribution in [3.05, 3.63) is 96.8 Å². The number of rotatable bonds is 6. The molecule has 1 heterocycles. The van der Waals surface area contributed by atoms with Crippen LogP contribution >= 0.6 is 0 Å². The van der Waals surface area contributed by atoms with Crippen molar-refractivity contribution in [1.29, 1.82) is 0 Å². The maximum atomic E-state index is 12.1. The first-order valence-electron chi connectivity index (χ1n) is 8.91. The molecule has 28 heavy (non-hydrogen) atoms. The largest absolute Gasteiger partial charge is 0.457 e. The van der Waals surface area contributed by atoms with Gasteiger partial charge in [0.05, 0.1) is 0 Å². The third-order valence-electron chi connectivity index (χ3n) is 4.41. The van der Waals surface area contributed by atoms with Crippen molar-refractivity contribution in [3.63, 3.8) is 0 Å². The molecule has 0 bridgehead atoms. The zero-order chi connectivity index (χ0) is 19.3. The predicted octanol–water partition coefficient (Wildman–Crippen LogP) is 4.67. The van der Waals surface area contributed by atoms with Crippen LogP contribution in [0.15, 0.2) is 91.3 Å². The van der Waals surface area contributed by atoms with E-state index in [-0.39, 0.29) is 0 Å².